The predicted molar refractivity (Wildman–Crippen MR) is 70.4 cm³/mol. The van der Waals surface area contributed by atoms with E-state index in [4.69, 9.17) is 10.00 Å². The van der Waals surface area contributed by atoms with Crippen LogP contribution in [0, 0.1) is 18.3 Å². The number of aromatic nitrogens is 2. The number of aryl methyl sites for hydroxylation is 1. The second kappa shape index (κ2) is 5.32. The standard InChI is InChI=1S/C14H11F2N3O2/c1-8-3-4-10(9(5-8)6-17)21-11-12(14(2,15)16)18-7-19-13(11)20/h3-5,7H,1-2H3,(H,18,19,20). The van der Waals surface area contributed by atoms with E-state index in [1.54, 1.807) is 13.0 Å². The number of benzene rings is 1. The van der Waals surface area contributed by atoms with Crippen molar-refractivity contribution in [3.63, 3.8) is 0 Å². The SMILES string of the molecule is Cc1ccc(Oc2c(C(C)(F)F)nc[nH]c2=O)c(C#N)c1. The Morgan fingerprint density at radius 3 is 2.76 bits per heavy atom. The number of nitriles is 1. The lowest BCUT2D eigenvalue weighted by Gasteiger charge is -2.14. The van der Waals surface area contributed by atoms with Crippen LogP contribution < -0.4 is 10.3 Å². The molecule has 0 saturated heterocycles. The van der Waals surface area contributed by atoms with Crippen LogP contribution in [0.1, 0.15) is 23.7 Å². The molecular weight excluding hydrogens is 280 g/mol. The van der Waals surface area contributed by atoms with Gasteiger partial charge in [0.05, 0.1) is 11.9 Å². The Kier molecular flexibility index (Phi) is 3.72. The van der Waals surface area contributed by atoms with Crippen LogP contribution in [0.3, 0.4) is 0 Å². The molecule has 0 aliphatic carbocycles. The number of nitrogens with one attached hydrogen (secondary N) is 1. The van der Waals surface area contributed by atoms with Crippen LogP contribution in [-0.4, -0.2) is 9.97 Å². The van der Waals surface area contributed by atoms with Crippen LogP contribution in [0.15, 0.2) is 29.3 Å². The molecule has 7 heteroatoms. The van der Waals surface area contributed by atoms with Gasteiger partial charge in [-0.1, -0.05) is 6.07 Å². The number of ether oxygens (including phenoxy) is 1. The van der Waals surface area contributed by atoms with Crippen LogP contribution in [0.2, 0.25) is 0 Å². The molecule has 0 amide bonds. The molecule has 5 nitrogen and oxygen atoms in total. The smallest absolute Gasteiger partial charge is 0.294 e. The highest BCUT2D eigenvalue weighted by atomic mass is 19.3. The molecule has 1 N–H and O–H groups in total. The van der Waals surface area contributed by atoms with Gasteiger partial charge in [-0.25, -0.2) is 4.98 Å². The fourth-order valence-electron chi connectivity index (χ4n) is 1.72. The van der Waals surface area contributed by atoms with Gasteiger partial charge in [-0.05, 0) is 24.6 Å². The quantitative estimate of drug-likeness (QED) is 0.943. The van der Waals surface area contributed by atoms with E-state index in [0.717, 1.165) is 11.9 Å². The maximum absolute atomic E-state index is 13.5. The number of alkyl halides is 2. The molecule has 0 bridgehead atoms. The lowest BCUT2D eigenvalue weighted by molar-refractivity contribution is 0.0103. The normalized spacial score (nSPS) is 11.0. The van der Waals surface area contributed by atoms with Gasteiger partial charge in [-0.3, -0.25) is 4.79 Å². The monoisotopic (exact) mass is 291 g/mol. The molecule has 108 valence electrons. The molecule has 1 aromatic heterocycles. The first-order chi connectivity index (χ1) is 9.82. The van der Waals surface area contributed by atoms with Crippen LogP contribution in [0.4, 0.5) is 8.78 Å². The molecule has 0 fully saturated rings. The fourth-order valence-corrected chi connectivity index (χ4v) is 1.72. The Hall–Kier alpha value is -2.75. The molecular formula is C14H11F2N3O2. The van der Waals surface area contributed by atoms with E-state index in [1.165, 1.54) is 12.1 Å². The highest BCUT2D eigenvalue weighted by Gasteiger charge is 2.32. The average molecular weight is 291 g/mol. The zero-order valence-corrected chi connectivity index (χ0v) is 11.3. The molecule has 1 aromatic carbocycles. The maximum atomic E-state index is 13.5. The Morgan fingerprint density at radius 2 is 2.14 bits per heavy atom. The van der Waals surface area contributed by atoms with Gasteiger partial charge >= 0.3 is 0 Å². The molecule has 0 radical (unpaired) electrons. The predicted octanol–water partition coefficient (Wildman–Crippen LogP) is 2.85. The summed E-state index contributed by atoms with van der Waals surface area (Å²) >= 11 is 0. The highest BCUT2D eigenvalue weighted by molar-refractivity contribution is 5.47. The number of H-pyrrole nitrogens is 1. The first-order valence-corrected chi connectivity index (χ1v) is 5.97. The van der Waals surface area contributed by atoms with Crippen LogP contribution >= 0.6 is 0 Å². The van der Waals surface area contributed by atoms with E-state index in [9.17, 15) is 13.6 Å². The van der Waals surface area contributed by atoms with Gasteiger partial charge in [-0.2, -0.15) is 14.0 Å². The summed E-state index contributed by atoms with van der Waals surface area (Å²) in [7, 11) is 0. The third kappa shape index (κ3) is 3.05. The molecule has 2 aromatic rings. The molecule has 1 heterocycles. The Bertz CT molecular complexity index is 773. The van der Waals surface area contributed by atoms with E-state index in [0.29, 0.717) is 6.92 Å². The van der Waals surface area contributed by atoms with Crippen molar-refractivity contribution in [2.45, 2.75) is 19.8 Å². The van der Waals surface area contributed by atoms with E-state index < -0.39 is 22.9 Å². The van der Waals surface area contributed by atoms with E-state index in [2.05, 4.69) is 9.97 Å². The summed E-state index contributed by atoms with van der Waals surface area (Å²) in [4.78, 5) is 17.4. The Labute approximate surface area is 118 Å². The zero-order chi connectivity index (χ0) is 15.6. The van der Waals surface area contributed by atoms with Crippen molar-refractivity contribution < 1.29 is 13.5 Å². The van der Waals surface area contributed by atoms with Gasteiger partial charge in [0, 0.05) is 6.92 Å². The second-order valence-electron chi connectivity index (χ2n) is 4.51. The van der Waals surface area contributed by atoms with Gasteiger partial charge in [0.25, 0.3) is 11.5 Å². The van der Waals surface area contributed by atoms with Crippen molar-refractivity contribution in [2.24, 2.45) is 0 Å². The molecule has 21 heavy (non-hydrogen) atoms. The molecule has 0 aliphatic heterocycles. The molecule has 2 rings (SSSR count). The minimum absolute atomic E-state index is 0.0205. The summed E-state index contributed by atoms with van der Waals surface area (Å²) in [6.45, 7) is 2.38. The molecule has 0 spiro atoms. The van der Waals surface area contributed by atoms with Crippen molar-refractivity contribution in [2.75, 3.05) is 0 Å². The summed E-state index contributed by atoms with van der Waals surface area (Å²) < 4.78 is 32.2. The molecule has 0 atom stereocenters. The van der Waals surface area contributed by atoms with Gasteiger partial charge in [0.15, 0.2) is 5.69 Å². The largest absolute Gasteiger partial charge is 0.448 e. The molecule has 0 saturated carbocycles. The number of aromatic amines is 1. The Morgan fingerprint density at radius 1 is 1.43 bits per heavy atom. The first-order valence-electron chi connectivity index (χ1n) is 5.97. The van der Waals surface area contributed by atoms with Crippen molar-refractivity contribution in [1.29, 1.82) is 5.26 Å². The lowest BCUT2D eigenvalue weighted by atomic mass is 10.1. The van der Waals surface area contributed by atoms with Crippen LogP contribution in [0.25, 0.3) is 0 Å². The van der Waals surface area contributed by atoms with Crippen LogP contribution in [0.5, 0.6) is 11.5 Å². The van der Waals surface area contributed by atoms with Gasteiger partial charge in [0.1, 0.15) is 11.8 Å². The number of rotatable bonds is 3. The van der Waals surface area contributed by atoms with E-state index in [1.807, 2.05) is 6.07 Å². The summed E-state index contributed by atoms with van der Waals surface area (Å²) in [5.41, 5.74) is -0.676. The average Bonchev–Trinajstić information content (AvgIpc) is 2.41. The summed E-state index contributed by atoms with van der Waals surface area (Å²) in [5, 5.41) is 9.04. The van der Waals surface area contributed by atoms with Crippen LogP contribution in [-0.2, 0) is 5.92 Å². The van der Waals surface area contributed by atoms with Crippen molar-refractivity contribution in [1.82, 2.24) is 9.97 Å². The van der Waals surface area contributed by atoms with E-state index >= 15 is 0 Å². The lowest BCUT2D eigenvalue weighted by Crippen LogP contribution is -2.19. The second-order valence-corrected chi connectivity index (χ2v) is 4.51. The van der Waals surface area contributed by atoms with Crippen molar-refractivity contribution in [3.8, 4) is 17.6 Å². The number of hydrogen-bond acceptors (Lipinski definition) is 4. The summed E-state index contributed by atoms with van der Waals surface area (Å²) in [6.07, 6.45) is 0.877. The van der Waals surface area contributed by atoms with E-state index in [-0.39, 0.29) is 11.3 Å². The minimum Gasteiger partial charge on any atom is -0.448 e. The zero-order valence-electron chi connectivity index (χ0n) is 11.3. The number of halogens is 2. The van der Waals surface area contributed by atoms with Gasteiger partial charge in [-0.15, -0.1) is 0 Å². The van der Waals surface area contributed by atoms with Crippen molar-refractivity contribution >= 4 is 0 Å². The molecule has 0 unspecified atom stereocenters. The highest BCUT2D eigenvalue weighted by Crippen LogP contribution is 2.33. The van der Waals surface area contributed by atoms with Gasteiger partial charge in [0.2, 0.25) is 5.75 Å². The molecule has 0 aliphatic rings. The third-order valence-electron chi connectivity index (χ3n) is 2.69. The fraction of sp³-hybridized carbons (Fsp3) is 0.214. The van der Waals surface area contributed by atoms with Crippen molar-refractivity contribution in [3.05, 3.63) is 51.7 Å². The first kappa shape index (κ1) is 14.7. The number of hydrogen-bond donors (Lipinski definition) is 1. The summed E-state index contributed by atoms with van der Waals surface area (Å²) in [5.74, 6) is -3.95. The topological polar surface area (TPSA) is 78.8 Å². The van der Waals surface area contributed by atoms with Gasteiger partial charge < -0.3 is 9.72 Å². The summed E-state index contributed by atoms with van der Waals surface area (Å²) in [6, 6.07) is 6.51. The minimum atomic E-state index is -3.35. The Balaban J connectivity index is 2.56. The maximum Gasteiger partial charge on any atom is 0.294 e. The number of nitrogens with zero attached hydrogens (tertiary/aromatic N) is 2. The third-order valence-corrected chi connectivity index (χ3v) is 2.69.